The number of hydrogen-bond donors (Lipinski definition) is 20. The zero-order valence-electron chi connectivity index (χ0n) is 85.4. The molecule has 0 bridgehead atoms. The van der Waals surface area contributed by atoms with Crippen molar-refractivity contribution in [2.45, 2.75) is 261 Å². The van der Waals surface area contributed by atoms with Crippen molar-refractivity contribution in [3.05, 3.63) is 137 Å². The molecule has 0 saturated carbocycles. The van der Waals surface area contributed by atoms with Crippen LogP contribution in [0, 0.1) is 18.3 Å². The number of ether oxygens (including phenoxy) is 3. The van der Waals surface area contributed by atoms with E-state index in [0.29, 0.717) is 60.3 Å². The monoisotopic (exact) mass is 2090 g/mol. The number of likely N-dealkylation sites (tertiary alicyclic amines) is 1. The van der Waals surface area contributed by atoms with Crippen LogP contribution in [-0.4, -0.2) is 307 Å². The predicted octanol–water partition coefficient (Wildman–Crippen LogP) is 3.29. The summed E-state index contributed by atoms with van der Waals surface area (Å²) in [5.41, 5.74) is 12.4. The van der Waals surface area contributed by atoms with E-state index < -0.39 is 248 Å². The second-order valence-corrected chi connectivity index (χ2v) is 38.6. The number of aryl methyl sites for hydroxylation is 1. The number of carbonyl (C=O) groups excluding carboxylic acids is 12. The summed E-state index contributed by atoms with van der Waals surface area (Å²) in [6.07, 6.45) is 6.12. The molecule has 9 atom stereocenters. The Morgan fingerprint density at radius 1 is 0.568 bits per heavy atom. The number of carboxylic acids is 5. The minimum absolute atomic E-state index is 0.00609. The number of benzene rings is 3. The third-order valence-corrected chi connectivity index (χ3v) is 25.5. The number of oxime groups is 1. The van der Waals surface area contributed by atoms with Gasteiger partial charge in [0.25, 0.3) is 10.1 Å². The van der Waals surface area contributed by atoms with E-state index in [1.807, 2.05) is 69.1 Å². The Labute approximate surface area is 859 Å². The standard InChI is InChI=1S/C100H142N18O29S/c1-12-116-76-39-28-61(4)56-66(76)99(6,7)79(116)25-17-14-13-15-18-26-80-100(8,9)67-58-65(148(141,142)143)33-40-77(67)117(80)49-20-16-19-27-81(119)107-68(34-41-83(121)122)90(133)109-69(35-42-84(123)124)91(134)110-70(36-43-85(125)126)92(135)111-71(37-44-86(127)128)93(136)112-72(38-45-87(129)130)94(137)113-75(57-63-29-31-64(32-30-63)62(5)115-147-52-48-106-98(140)146-54-53-144-11)89(132)104-47-51-145-59-82(120)108-73(23-21-46-105-97(101)102)96(139)118-50-22-24-78(118)95(138)114-74(55-60(2)3)88(131)103-10/h13-15,17-18,25-26,28-33,39-40,56,58,60,68-75,78H,12,16,19-24,27,34-38,41-55,57,59H2,1-11H3,(H20-,101,102,103,104,105,106,107,108,109,110,111,112,113,114,119,120,121,122,123,124,125,126,127,128,129,130,131,132,133,134,135,136,137,138,140,141,142,143)/p+1/b115-62+/t68-,69-,70-,71-,72-,73+,74+,75+,78+/m1/s1. The third kappa shape index (κ3) is 40.0. The lowest BCUT2D eigenvalue weighted by atomic mass is 9.81. The van der Waals surface area contributed by atoms with Crippen LogP contribution < -0.4 is 74.4 Å². The Morgan fingerprint density at radius 3 is 1.64 bits per heavy atom. The number of carboxylic acid groups (broad SMARTS) is 5. The topological polar surface area (TPSA) is 699 Å². The predicted molar refractivity (Wildman–Crippen MR) is 541 cm³/mol. The van der Waals surface area contributed by atoms with Gasteiger partial charge in [0.1, 0.15) is 80.7 Å². The zero-order valence-corrected chi connectivity index (χ0v) is 86.2. The lowest BCUT2D eigenvalue weighted by Gasteiger charge is -2.30. The number of amides is 12. The number of likely N-dealkylation sites (N-methyl/N-ethyl adjacent to an activating group) is 1. The van der Waals surface area contributed by atoms with Gasteiger partial charge < -0.3 is 124 Å². The van der Waals surface area contributed by atoms with E-state index in [1.165, 1.54) is 54.4 Å². The number of aliphatic carboxylic acids is 5. The van der Waals surface area contributed by atoms with Crippen LogP contribution in [0.25, 0.3) is 0 Å². The molecule has 1 fully saturated rings. The van der Waals surface area contributed by atoms with Gasteiger partial charge in [0, 0.05) is 120 Å². The molecule has 0 radical (unpaired) electrons. The van der Waals surface area contributed by atoms with E-state index in [9.17, 15) is 120 Å². The molecule has 812 valence electrons. The summed E-state index contributed by atoms with van der Waals surface area (Å²) in [4.78, 5) is 237. The molecule has 21 N–H and O–H groups in total. The highest BCUT2D eigenvalue weighted by Crippen LogP contribution is 2.49. The number of carbonyl (C=O) groups is 17. The van der Waals surface area contributed by atoms with Crippen LogP contribution in [0.2, 0.25) is 0 Å². The van der Waals surface area contributed by atoms with E-state index in [1.54, 1.807) is 25.1 Å². The van der Waals surface area contributed by atoms with Crippen molar-refractivity contribution >= 4 is 140 Å². The lowest BCUT2D eigenvalue weighted by Crippen LogP contribution is -2.60. The number of methoxy groups -OCH3 is 1. The SMILES string of the molecule is CC[N+]1=C(/C=C/C=C/C=C/C=C2/N(CCCCCC(=O)N[C@H](CCC(=O)O)C(=O)N[C@H](CCC(=O)O)C(=O)N[C@H](CCC(=O)O)C(=O)N[C@H](CCC(=O)O)C(=O)N[C@H](CCC(=O)O)C(=O)N[C@@H](Cc3ccc(/C(C)=N/OCCNC(=O)OCCOC)cc3)C(=O)NCCOCC(=O)N[C@@H](CCCNC(=N)N)C(=O)N3CCC[C@H]3C(=O)N[C@@H](CC(C)C)C(=O)NC)c3ccc(S(=O)(=O)O)cc3C2(C)C)C(C)(C)c2cc(C)ccc21. The quantitative estimate of drug-likeness (QED) is 0.00733. The average molecular weight is 2090 g/mol. The van der Waals surface area contributed by atoms with Crippen LogP contribution in [0.1, 0.15) is 205 Å². The third-order valence-electron chi connectivity index (χ3n) is 24.6. The molecular formula is C100H143N18O29S+. The molecule has 0 aliphatic carbocycles. The maximum atomic E-state index is 14.8. The first-order valence-electron chi connectivity index (χ1n) is 49.0. The highest BCUT2D eigenvalue weighted by atomic mass is 32.2. The summed E-state index contributed by atoms with van der Waals surface area (Å²) in [6.45, 7) is 17.7. The van der Waals surface area contributed by atoms with Crippen LogP contribution in [0.4, 0.5) is 16.2 Å². The van der Waals surface area contributed by atoms with Crippen molar-refractivity contribution in [3.63, 3.8) is 0 Å². The molecule has 0 unspecified atom stereocenters. The van der Waals surface area contributed by atoms with E-state index in [-0.39, 0.29) is 107 Å². The van der Waals surface area contributed by atoms with Gasteiger partial charge in [-0.25, -0.2) is 4.79 Å². The number of rotatable bonds is 65. The van der Waals surface area contributed by atoms with Gasteiger partial charge in [0.05, 0.1) is 35.8 Å². The van der Waals surface area contributed by atoms with Crippen molar-refractivity contribution < 1.29 is 144 Å². The first kappa shape index (κ1) is 122. The van der Waals surface area contributed by atoms with Crippen LogP contribution in [-0.2, 0) is 123 Å². The maximum Gasteiger partial charge on any atom is 0.407 e. The van der Waals surface area contributed by atoms with Gasteiger partial charge in [-0.2, -0.15) is 13.0 Å². The van der Waals surface area contributed by atoms with Crippen LogP contribution in [0.5, 0.6) is 0 Å². The molecule has 1 saturated heterocycles. The molecule has 48 heteroatoms. The highest BCUT2D eigenvalue weighted by molar-refractivity contribution is 7.85. The van der Waals surface area contributed by atoms with E-state index in [2.05, 4.69) is 126 Å². The molecule has 3 aliphatic rings. The van der Waals surface area contributed by atoms with Gasteiger partial charge in [-0.15, -0.1) is 0 Å². The van der Waals surface area contributed by atoms with Gasteiger partial charge in [0.2, 0.25) is 70.7 Å². The van der Waals surface area contributed by atoms with Crippen molar-refractivity contribution in [1.82, 2.24) is 68.7 Å². The first-order chi connectivity index (χ1) is 70.0. The molecule has 47 nitrogen and oxygen atoms in total. The number of unbranched alkanes of at least 4 members (excludes halogenated alkanes) is 2. The summed E-state index contributed by atoms with van der Waals surface area (Å²) in [6, 6.07) is 2.41. The smallest absolute Gasteiger partial charge is 0.407 e. The number of alkyl carbamates (subject to hydrolysis) is 1. The van der Waals surface area contributed by atoms with Crippen LogP contribution in [0.15, 0.2) is 119 Å². The largest absolute Gasteiger partial charge is 0.481 e. The summed E-state index contributed by atoms with van der Waals surface area (Å²) in [5.74, 6) is -18.7. The molecule has 6 rings (SSSR count). The Morgan fingerprint density at radius 2 is 1.11 bits per heavy atom. The van der Waals surface area contributed by atoms with Gasteiger partial charge in [-0.05, 0) is 165 Å². The Balaban J connectivity index is 1.18. The van der Waals surface area contributed by atoms with Crippen molar-refractivity contribution in [2.24, 2.45) is 16.8 Å². The Hall–Kier alpha value is -14.6. The number of nitrogens with zero attached hydrogens (tertiary/aromatic N) is 4. The fraction of sp³-hybridized carbons (Fsp3) is 0.540. The lowest BCUT2D eigenvalue weighted by molar-refractivity contribution is -0.433. The van der Waals surface area contributed by atoms with Crippen LogP contribution >= 0.6 is 0 Å². The van der Waals surface area contributed by atoms with Gasteiger partial charge in [-0.3, -0.25) is 86.7 Å². The zero-order chi connectivity index (χ0) is 110. The van der Waals surface area contributed by atoms with E-state index in [4.69, 9.17) is 30.2 Å². The maximum absolute atomic E-state index is 14.8. The molecule has 3 aromatic rings. The Kier molecular flexibility index (Phi) is 49.9. The van der Waals surface area contributed by atoms with Crippen molar-refractivity contribution in [1.29, 1.82) is 5.41 Å². The fourth-order valence-electron chi connectivity index (χ4n) is 16.9. The number of anilines is 1. The number of hydrogen-bond acceptors (Lipinski definition) is 26. The van der Waals surface area contributed by atoms with E-state index in [0.717, 1.165) is 23.6 Å². The first-order valence-corrected chi connectivity index (χ1v) is 50.4. The average Bonchev–Trinajstić information content (AvgIpc) is 1.62. The van der Waals surface area contributed by atoms with Crippen molar-refractivity contribution in [2.75, 3.05) is 91.4 Å². The number of fused-ring (bicyclic) bond motifs is 2. The molecule has 3 aliphatic heterocycles. The number of guanidine groups is 1. The molecule has 12 amide bonds. The molecule has 3 aromatic carbocycles. The fourth-order valence-corrected chi connectivity index (χ4v) is 17.4. The summed E-state index contributed by atoms with van der Waals surface area (Å²) in [7, 11) is -1.75. The second-order valence-electron chi connectivity index (χ2n) is 37.2. The Bertz CT molecular complexity index is 5520. The van der Waals surface area contributed by atoms with Crippen molar-refractivity contribution in [3.8, 4) is 0 Å². The summed E-state index contributed by atoms with van der Waals surface area (Å²) < 4.78 is 52.7. The summed E-state index contributed by atoms with van der Waals surface area (Å²) in [5, 5.41) is 90.8. The minimum Gasteiger partial charge on any atom is -0.481 e. The molecule has 148 heavy (non-hydrogen) atoms. The van der Waals surface area contributed by atoms with Gasteiger partial charge in [-0.1, -0.05) is 106 Å². The molecule has 0 aromatic heterocycles. The number of allylic oxidation sites excluding steroid dienone is 8. The normalized spacial score (nSPS) is 16.0. The summed E-state index contributed by atoms with van der Waals surface area (Å²) >= 11 is 0. The highest BCUT2D eigenvalue weighted by Gasteiger charge is 2.46. The molecule has 0 spiro atoms. The molecular weight excluding hydrogens is 1950 g/mol. The molecule has 3 heterocycles. The van der Waals surface area contributed by atoms with Gasteiger partial charge in [0.15, 0.2) is 11.7 Å². The number of nitrogens with one attached hydrogen (secondary N) is 13. The second kappa shape index (κ2) is 60.5. The van der Waals surface area contributed by atoms with Gasteiger partial charge >= 0.3 is 35.9 Å². The minimum atomic E-state index is -4.61. The van der Waals surface area contributed by atoms with E-state index >= 15 is 0 Å². The number of nitrogens with two attached hydrogens (primary N) is 1. The van der Waals surface area contributed by atoms with Crippen LogP contribution in [0.3, 0.4) is 0 Å².